The topological polar surface area (TPSA) is 74.9 Å². The number of nitrogens with one attached hydrogen (secondary N) is 1. The normalized spacial score (nSPS) is 14.7. The molecular weight excluding hydrogens is 324 g/mol. The van der Waals surface area contributed by atoms with Crippen LogP contribution in [-0.4, -0.2) is 19.0 Å². The number of sulfonamides is 1. The lowest BCUT2D eigenvalue weighted by Gasteiger charge is -2.10. The third-order valence-electron chi connectivity index (χ3n) is 3.72. The molecule has 0 atom stereocenters. The van der Waals surface area contributed by atoms with Gasteiger partial charge in [0.2, 0.25) is 10.0 Å². The lowest BCUT2D eigenvalue weighted by Crippen LogP contribution is -2.26. The van der Waals surface area contributed by atoms with Crippen LogP contribution in [0.2, 0.25) is 0 Å². The van der Waals surface area contributed by atoms with Crippen molar-refractivity contribution in [3.8, 4) is 17.3 Å². The molecule has 2 aromatic rings. The van der Waals surface area contributed by atoms with Crippen molar-refractivity contribution < 1.29 is 17.2 Å². The molecule has 0 unspecified atom stereocenters. The van der Waals surface area contributed by atoms with E-state index in [-0.39, 0.29) is 23.0 Å². The van der Waals surface area contributed by atoms with Crippen molar-refractivity contribution >= 4 is 10.0 Å². The second-order valence-electron chi connectivity index (χ2n) is 5.43. The van der Waals surface area contributed by atoms with Crippen LogP contribution in [0.15, 0.2) is 29.2 Å². The van der Waals surface area contributed by atoms with Crippen molar-refractivity contribution in [3.05, 3.63) is 41.6 Å². The Morgan fingerprint density at radius 1 is 1.26 bits per heavy atom. The summed E-state index contributed by atoms with van der Waals surface area (Å²) in [7, 11) is -2.54. The Bertz CT molecular complexity index is 925. The number of halogens is 2. The fraction of sp³-hybridized carbons (Fsp3) is 0.267. The van der Waals surface area contributed by atoms with E-state index >= 15 is 0 Å². The van der Waals surface area contributed by atoms with Gasteiger partial charge in [0.25, 0.3) is 0 Å². The molecule has 23 heavy (non-hydrogen) atoms. The summed E-state index contributed by atoms with van der Waals surface area (Å²) < 4.78 is 56.4. The molecule has 1 heterocycles. The Morgan fingerprint density at radius 2 is 1.96 bits per heavy atom. The summed E-state index contributed by atoms with van der Waals surface area (Å²) in [5.74, 6) is -1.90. The molecule has 0 aliphatic heterocycles. The summed E-state index contributed by atoms with van der Waals surface area (Å²) in [5.41, 5.74) is 0.473. The van der Waals surface area contributed by atoms with Crippen molar-refractivity contribution in [2.24, 2.45) is 7.05 Å². The molecule has 1 aliphatic carbocycles. The van der Waals surface area contributed by atoms with E-state index in [4.69, 9.17) is 5.26 Å². The molecule has 1 aromatic carbocycles. The van der Waals surface area contributed by atoms with E-state index in [2.05, 4.69) is 4.72 Å². The highest BCUT2D eigenvalue weighted by molar-refractivity contribution is 7.89. The largest absolute Gasteiger partial charge is 0.335 e. The van der Waals surface area contributed by atoms with E-state index in [1.807, 2.05) is 6.07 Å². The third-order valence-corrected chi connectivity index (χ3v) is 5.26. The molecule has 1 N–H and O–H groups in total. The van der Waals surface area contributed by atoms with Gasteiger partial charge in [0, 0.05) is 18.7 Å². The maximum absolute atomic E-state index is 14.3. The van der Waals surface area contributed by atoms with Crippen molar-refractivity contribution in [1.29, 1.82) is 5.26 Å². The highest BCUT2D eigenvalue weighted by Gasteiger charge is 2.30. The number of nitriles is 1. The first-order valence-corrected chi connectivity index (χ1v) is 8.39. The van der Waals surface area contributed by atoms with Crippen LogP contribution in [0.3, 0.4) is 0 Å². The minimum Gasteiger partial charge on any atom is -0.335 e. The quantitative estimate of drug-likeness (QED) is 0.930. The predicted molar refractivity (Wildman–Crippen MR) is 78.8 cm³/mol. The molecule has 1 aliphatic rings. The van der Waals surface area contributed by atoms with Gasteiger partial charge in [0.15, 0.2) is 0 Å². The first kappa shape index (κ1) is 15.6. The van der Waals surface area contributed by atoms with Gasteiger partial charge >= 0.3 is 0 Å². The second kappa shape index (κ2) is 5.44. The van der Waals surface area contributed by atoms with E-state index in [1.54, 1.807) is 7.05 Å². The van der Waals surface area contributed by atoms with Gasteiger partial charge in [0.05, 0.1) is 5.69 Å². The number of rotatable bonds is 4. The second-order valence-corrected chi connectivity index (χ2v) is 7.12. The van der Waals surface area contributed by atoms with Crippen LogP contribution in [0.5, 0.6) is 0 Å². The molecule has 0 amide bonds. The van der Waals surface area contributed by atoms with Crippen molar-refractivity contribution in [3.63, 3.8) is 0 Å². The van der Waals surface area contributed by atoms with Crippen LogP contribution < -0.4 is 4.72 Å². The van der Waals surface area contributed by atoms with Gasteiger partial charge < -0.3 is 4.57 Å². The smallest absolute Gasteiger partial charge is 0.243 e. The van der Waals surface area contributed by atoms with Gasteiger partial charge in [-0.15, -0.1) is 0 Å². The molecule has 0 spiro atoms. The zero-order chi connectivity index (χ0) is 16.8. The molecule has 8 heteroatoms. The molecular formula is C15H13F2N3O2S. The fourth-order valence-corrected chi connectivity index (χ4v) is 3.68. The van der Waals surface area contributed by atoms with Gasteiger partial charge in [-0.2, -0.15) is 5.26 Å². The molecule has 120 valence electrons. The summed E-state index contributed by atoms with van der Waals surface area (Å²) in [6, 6.07) is 6.20. The summed E-state index contributed by atoms with van der Waals surface area (Å²) in [6.07, 6.45) is 1.39. The Morgan fingerprint density at radius 3 is 2.52 bits per heavy atom. The van der Waals surface area contributed by atoms with E-state index in [0.29, 0.717) is 18.9 Å². The third kappa shape index (κ3) is 2.85. The highest BCUT2D eigenvalue weighted by Crippen LogP contribution is 2.30. The van der Waals surface area contributed by atoms with Crippen LogP contribution >= 0.6 is 0 Å². The number of aromatic nitrogens is 1. The Labute approximate surface area is 132 Å². The SMILES string of the molecule is Cn1c(C#N)ccc1-c1cc(F)c(S(=O)(=O)NC2CC2)cc1F. The highest BCUT2D eigenvalue weighted by atomic mass is 32.2. The summed E-state index contributed by atoms with van der Waals surface area (Å²) in [6.45, 7) is 0. The average Bonchev–Trinajstić information content (AvgIpc) is 3.21. The fourth-order valence-electron chi connectivity index (χ4n) is 2.31. The van der Waals surface area contributed by atoms with Gasteiger partial charge in [-0.05, 0) is 37.1 Å². The van der Waals surface area contributed by atoms with Crippen LogP contribution in [0, 0.1) is 23.0 Å². The lowest BCUT2D eigenvalue weighted by atomic mass is 10.1. The molecule has 5 nitrogen and oxygen atoms in total. The van der Waals surface area contributed by atoms with Gasteiger partial charge in [-0.25, -0.2) is 21.9 Å². The van der Waals surface area contributed by atoms with E-state index < -0.39 is 26.6 Å². The molecule has 0 saturated heterocycles. The molecule has 0 radical (unpaired) electrons. The number of hydrogen-bond donors (Lipinski definition) is 1. The molecule has 1 aromatic heterocycles. The summed E-state index contributed by atoms with van der Waals surface area (Å²) >= 11 is 0. The summed E-state index contributed by atoms with van der Waals surface area (Å²) in [4.78, 5) is -0.708. The summed E-state index contributed by atoms with van der Waals surface area (Å²) in [5, 5.41) is 8.92. The lowest BCUT2D eigenvalue weighted by molar-refractivity contribution is 0.546. The zero-order valence-electron chi connectivity index (χ0n) is 12.2. The predicted octanol–water partition coefficient (Wildman–Crippen LogP) is 2.28. The molecule has 0 bridgehead atoms. The monoisotopic (exact) mass is 337 g/mol. The van der Waals surface area contributed by atoms with Gasteiger partial charge in [0.1, 0.15) is 28.3 Å². The van der Waals surface area contributed by atoms with Crippen molar-refractivity contribution in [1.82, 2.24) is 9.29 Å². The Hall–Kier alpha value is -2.24. The average molecular weight is 337 g/mol. The first-order valence-electron chi connectivity index (χ1n) is 6.91. The molecule has 1 saturated carbocycles. The van der Waals surface area contributed by atoms with Crippen molar-refractivity contribution in [2.45, 2.75) is 23.8 Å². The van der Waals surface area contributed by atoms with Gasteiger partial charge in [-0.1, -0.05) is 0 Å². The Kier molecular flexibility index (Phi) is 3.70. The minimum absolute atomic E-state index is 0.100. The number of hydrogen-bond acceptors (Lipinski definition) is 3. The maximum atomic E-state index is 14.3. The van der Waals surface area contributed by atoms with Crippen LogP contribution in [0.25, 0.3) is 11.3 Å². The van der Waals surface area contributed by atoms with Crippen molar-refractivity contribution in [2.75, 3.05) is 0 Å². The standard InChI is InChI=1S/C15H13F2N3O2S/c1-20-10(8-18)4-5-14(20)11-6-13(17)15(7-12(11)16)23(21,22)19-9-2-3-9/h4-7,9,19H,2-3H2,1H3. The first-order chi connectivity index (χ1) is 10.8. The minimum atomic E-state index is -4.08. The van der Waals surface area contributed by atoms with E-state index in [9.17, 15) is 17.2 Å². The molecule has 3 rings (SSSR count). The number of nitrogens with zero attached hydrogens (tertiary/aromatic N) is 2. The maximum Gasteiger partial charge on any atom is 0.243 e. The van der Waals surface area contributed by atoms with E-state index in [1.165, 1.54) is 16.7 Å². The number of benzene rings is 1. The zero-order valence-corrected chi connectivity index (χ0v) is 13.0. The van der Waals surface area contributed by atoms with Crippen LogP contribution in [0.1, 0.15) is 18.5 Å². The molecule has 1 fully saturated rings. The van der Waals surface area contributed by atoms with Gasteiger partial charge in [-0.3, -0.25) is 0 Å². The van der Waals surface area contributed by atoms with E-state index in [0.717, 1.165) is 6.07 Å². The van der Waals surface area contributed by atoms with Crippen LogP contribution in [-0.2, 0) is 17.1 Å². The van der Waals surface area contributed by atoms with Crippen LogP contribution in [0.4, 0.5) is 8.78 Å². The Balaban J connectivity index is 2.07.